The predicted octanol–water partition coefficient (Wildman–Crippen LogP) is 1.85. The third kappa shape index (κ3) is 3.33. The Hall–Kier alpha value is -2.26. The quantitative estimate of drug-likeness (QED) is 0.783. The Morgan fingerprint density at radius 3 is 2.89 bits per heavy atom. The molecule has 3 aliphatic heterocycles. The molecule has 0 aromatic carbocycles. The van der Waals surface area contributed by atoms with Crippen molar-refractivity contribution in [1.82, 2.24) is 19.7 Å². The zero-order valence-electron chi connectivity index (χ0n) is 16.0. The highest BCUT2D eigenvalue weighted by Crippen LogP contribution is 2.37. The Morgan fingerprint density at radius 2 is 2.21 bits per heavy atom. The van der Waals surface area contributed by atoms with E-state index in [0.717, 1.165) is 12.8 Å². The zero-order chi connectivity index (χ0) is 20.1. The van der Waals surface area contributed by atoms with Gasteiger partial charge in [0.25, 0.3) is 6.43 Å². The lowest BCUT2D eigenvalue weighted by Crippen LogP contribution is -2.51. The van der Waals surface area contributed by atoms with Crippen molar-refractivity contribution in [1.29, 1.82) is 0 Å². The summed E-state index contributed by atoms with van der Waals surface area (Å²) in [7, 11) is 0. The third-order valence-electron chi connectivity index (χ3n) is 6.21. The van der Waals surface area contributed by atoms with E-state index >= 15 is 0 Å². The number of cyclic esters (lactones) is 1. The van der Waals surface area contributed by atoms with Crippen LogP contribution >= 0.6 is 0 Å². The van der Waals surface area contributed by atoms with Crippen LogP contribution < -0.4 is 5.32 Å². The molecular weight excluding hydrogens is 372 g/mol. The van der Waals surface area contributed by atoms with Crippen LogP contribution in [0, 0.1) is 11.8 Å². The van der Waals surface area contributed by atoms with E-state index in [1.54, 1.807) is 18.7 Å². The zero-order valence-corrected chi connectivity index (χ0v) is 16.0. The standard InChI is InChI=1S/C18H25F2N5O3/c1-18(2)11(6-14(26)28-18)16(27)24-5-3-4-10(8-24)12-7-13(15(19)20)25-17(23-12)21-9-22-25/h9-13,15H,3-8H2,1-2H3,(H,21,22,23)/t10-,11-,12-,13+/m0/s1. The number of rotatable bonds is 3. The summed E-state index contributed by atoms with van der Waals surface area (Å²) in [6.45, 7) is 4.59. The third-order valence-corrected chi connectivity index (χ3v) is 6.21. The fraction of sp³-hybridized carbons (Fsp3) is 0.778. The van der Waals surface area contributed by atoms with Crippen molar-refractivity contribution in [3.63, 3.8) is 0 Å². The fourth-order valence-electron chi connectivity index (χ4n) is 4.66. The van der Waals surface area contributed by atoms with E-state index in [9.17, 15) is 18.4 Å². The van der Waals surface area contributed by atoms with Crippen LogP contribution in [0.5, 0.6) is 0 Å². The topological polar surface area (TPSA) is 89.4 Å². The number of carbonyl (C=O) groups is 2. The summed E-state index contributed by atoms with van der Waals surface area (Å²) >= 11 is 0. The summed E-state index contributed by atoms with van der Waals surface area (Å²) in [5, 5.41) is 7.13. The van der Waals surface area contributed by atoms with Crippen molar-refractivity contribution in [3.05, 3.63) is 6.33 Å². The van der Waals surface area contributed by atoms with Crippen LogP contribution in [0.4, 0.5) is 14.7 Å². The van der Waals surface area contributed by atoms with Gasteiger partial charge in [0.15, 0.2) is 0 Å². The molecule has 0 unspecified atom stereocenters. The number of halogens is 2. The van der Waals surface area contributed by atoms with Gasteiger partial charge in [-0.2, -0.15) is 10.1 Å². The predicted molar refractivity (Wildman–Crippen MR) is 94.7 cm³/mol. The highest BCUT2D eigenvalue weighted by Gasteiger charge is 2.48. The monoisotopic (exact) mass is 397 g/mol. The molecule has 1 amide bonds. The summed E-state index contributed by atoms with van der Waals surface area (Å²) in [6, 6.07) is -1.23. The van der Waals surface area contributed by atoms with Gasteiger partial charge in [0.05, 0.1) is 12.3 Å². The number of nitrogens with zero attached hydrogens (tertiary/aromatic N) is 4. The van der Waals surface area contributed by atoms with E-state index in [0.29, 0.717) is 19.0 Å². The maximum Gasteiger partial charge on any atom is 0.307 e. The van der Waals surface area contributed by atoms with Gasteiger partial charge < -0.3 is 15.0 Å². The van der Waals surface area contributed by atoms with Gasteiger partial charge >= 0.3 is 5.97 Å². The molecule has 1 aromatic rings. The van der Waals surface area contributed by atoms with Gasteiger partial charge in [-0.05, 0) is 39.0 Å². The first-order chi connectivity index (χ1) is 13.3. The van der Waals surface area contributed by atoms with Crippen molar-refractivity contribution >= 4 is 17.8 Å². The van der Waals surface area contributed by atoms with Gasteiger partial charge in [-0.25, -0.2) is 13.5 Å². The lowest BCUT2D eigenvalue weighted by molar-refractivity contribution is -0.149. The lowest BCUT2D eigenvalue weighted by Gasteiger charge is -2.41. The van der Waals surface area contributed by atoms with E-state index < -0.39 is 24.0 Å². The Kier molecular flexibility index (Phi) is 4.75. The molecule has 0 bridgehead atoms. The molecule has 0 radical (unpaired) electrons. The number of hydrogen-bond acceptors (Lipinski definition) is 6. The first-order valence-corrected chi connectivity index (χ1v) is 9.71. The molecule has 8 nitrogen and oxygen atoms in total. The van der Waals surface area contributed by atoms with Crippen LogP contribution in [0.3, 0.4) is 0 Å². The second-order valence-electron chi connectivity index (χ2n) is 8.44. The minimum absolute atomic E-state index is 0.0329. The van der Waals surface area contributed by atoms with Crippen LogP contribution in [-0.2, 0) is 14.3 Å². The maximum atomic E-state index is 13.5. The second-order valence-corrected chi connectivity index (χ2v) is 8.44. The number of aromatic nitrogens is 3. The van der Waals surface area contributed by atoms with E-state index in [1.807, 2.05) is 0 Å². The SMILES string of the molecule is CC1(C)OC(=O)C[C@H]1C(=O)N1CCC[C@H]([C@@H]2C[C@H](C(F)F)n3ncnc3N2)C1. The normalized spacial score (nSPS) is 32.0. The Balaban J connectivity index is 1.47. The van der Waals surface area contributed by atoms with Crippen molar-refractivity contribution in [3.8, 4) is 0 Å². The Morgan fingerprint density at radius 1 is 1.43 bits per heavy atom. The minimum atomic E-state index is -2.53. The molecule has 2 fully saturated rings. The molecule has 0 aliphatic carbocycles. The molecule has 4 heterocycles. The summed E-state index contributed by atoms with van der Waals surface area (Å²) in [5.74, 6) is -0.573. The largest absolute Gasteiger partial charge is 0.459 e. The number of piperidine rings is 1. The van der Waals surface area contributed by atoms with Crippen LogP contribution in [-0.4, -0.2) is 62.7 Å². The molecule has 10 heteroatoms. The number of esters is 1. The molecular formula is C18H25F2N5O3. The molecule has 4 atom stereocenters. The van der Waals surface area contributed by atoms with Gasteiger partial charge in [-0.3, -0.25) is 9.59 Å². The number of fused-ring (bicyclic) bond motifs is 1. The molecule has 1 N–H and O–H groups in total. The number of likely N-dealkylation sites (tertiary alicyclic amines) is 1. The molecule has 1 aromatic heterocycles. The number of alkyl halides is 2. The number of amides is 1. The molecule has 0 spiro atoms. The Bertz CT molecular complexity index is 768. The van der Waals surface area contributed by atoms with Crippen molar-refractivity contribution in [2.24, 2.45) is 11.8 Å². The van der Waals surface area contributed by atoms with Gasteiger partial charge in [0, 0.05) is 19.1 Å². The number of nitrogens with one attached hydrogen (secondary N) is 1. The van der Waals surface area contributed by atoms with Gasteiger partial charge in [0.2, 0.25) is 11.9 Å². The van der Waals surface area contributed by atoms with Crippen LogP contribution in [0.15, 0.2) is 6.33 Å². The van der Waals surface area contributed by atoms with Gasteiger partial charge in [0.1, 0.15) is 18.0 Å². The molecule has 2 saturated heterocycles. The Labute approximate surface area is 161 Å². The number of ether oxygens (including phenoxy) is 1. The number of hydrogen-bond donors (Lipinski definition) is 1. The van der Waals surface area contributed by atoms with Crippen LogP contribution in [0.25, 0.3) is 0 Å². The molecule has 0 saturated carbocycles. The van der Waals surface area contributed by atoms with Crippen LogP contribution in [0.2, 0.25) is 0 Å². The number of carbonyl (C=O) groups excluding carboxylic acids is 2. The molecule has 3 aliphatic rings. The van der Waals surface area contributed by atoms with Gasteiger partial charge in [-0.15, -0.1) is 0 Å². The summed E-state index contributed by atoms with van der Waals surface area (Å²) in [4.78, 5) is 30.5. The summed E-state index contributed by atoms with van der Waals surface area (Å²) in [6.07, 6.45) is 0.699. The maximum absolute atomic E-state index is 13.5. The first kappa shape index (κ1) is 19.1. The van der Waals surface area contributed by atoms with E-state index in [-0.39, 0.29) is 36.7 Å². The fourth-order valence-corrected chi connectivity index (χ4v) is 4.66. The van der Waals surface area contributed by atoms with Crippen molar-refractivity contribution in [2.45, 2.75) is 63.6 Å². The van der Waals surface area contributed by atoms with Gasteiger partial charge in [-0.1, -0.05) is 0 Å². The smallest absolute Gasteiger partial charge is 0.307 e. The minimum Gasteiger partial charge on any atom is -0.459 e. The van der Waals surface area contributed by atoms with E-state index in [1.165, 1.54) is 11.0 Å². The average Bonchev–Trinajstić information content (AvgIpc) is 3.23. The summed E-state index contributed by atoms with van der Waals surface area (Å²) in [5.41, 5.74) is -0.818. The summed E-state index contributed by atoms with van der Waals surface area (Å²) < 4.78 is 33.6. The van der Waals surface area contributed by atoms with Crippen molar-refractivity contribution < 1.29 is 23.1 Å². The van der Waals surface area contributed by atoms with Crippen molar-refractivity contribution in [2.75, 3.05) is 18.4 Å². The molecule has 28 heavy (non-hydrogen) atoms. The first-order valence-electron chi connectivity index (χ1n) is 9.71. The van der Waals surface area contributed by atoms with E-state index in [4.69, 9.17) is 4.74 Å². The molecule has 154 valence electrons. The highest BCUT2D eigenvalue weighted by molar-refractivity contribution is 5.87. The average molecular weight is 397 g/mol. The second kappa shape index (κ2) is 6.97. The van der Waals surface area contributed by atoms with Crippen LogP contribution in [0.1, 0.15) is 45.6 Å². The van der Waals surface area contributed by atoms with E-state index in [2.05, 4.69) is 15.4 Å². The number of anilines is 1. The lowest BCUT2D eigenvalue weighted by atomic mass is 9.84. The highest BCUT2D eigenvalue weighted by atomic mass is 19.3. The molecule has 4 rings (SSSR count).